The molecule has 0 aliphatic carbocycles. The van der Waals surface area contributed by atoms with Gasteiger partial charge in [0.1, 0.15) is 0 Å². The fraction of sp³-hybridized carbons (Fsp3) is 0.143. The predicted molar refractivity (Wildman–Crippen MR) is 82.7 cm³/mol. The van der Waals surface area contributed by atoms with Crippen molar-refractivity contribution in [2.45, 2.75) is 6.92 Å². The number of benzene rings is 2. The van der Waals surface area contributed by atoms with Crippen molar-refractivity contribution < 1.29 is 0 Å². The van der Waals surface area contributed by atoms with Gasteiger partial charge in [-0.05, 0) is 47.1 Å². The molecule has 0 radical (unpaired) electrons. The van der Waals surface area contributed by atoms with E-state index in [1.165, 1.54) is 0 Å². The van der Waals surface area contributed by atoms with Crippen LogP contribution in [0.4, 0.5) is 17.1 Å². The number of hydrogen-bond donors (Lipinski definition) is 1. The number of anilines is 3. The molecule has 18 heavy (non-hydrogen) atoms. The molecular formula is C14H14BrClN2. The Morgan fingerprint density at radius 1 is 1.22 bits per heavy atom. The van der Waals surface area contributed by atoms with Gasteiger partial charge in [-0.25, -0.2) is 0 Å². The molecule has 0 aromatic heterocycles. The number of nitrogens with zero attached hydrogens (tertiary/aromatic N) is 1. The average molecular weight is 326 g/mol. The van der Waals surface area contributed by atoms with E-state index in [1.807, 2.05) is 24.3 Å². The quantitative estimate of drug-likeness (QED) is 0.818. The normalized spacial score (nSPS) is 10.4. The minimum atomic E-state index is 0.646. The molecule has 0 bridgehead atoms. The molecule has 0 saturated heterocycles. The summed E-state index contributed by atoms with van der Waals surface area (Å²) < 4.78 is 0.901. The van der Waals surface area contributed by atoms with Crippen LogP contribution in [0.1, 0.15) is 6.92 Å². The lowest BCUT2D eigenvalue weighted by atomic mass is 10.2. The Kier molecular flexibility index (Phi) is 4.15. The van der Waals surface area contributed by atoms with Gasteiger partial charge in [-0.1, -0.05) is 29.8 Å². The van der Waals surface area contributed by atoms with E-state index in [4.69, 9.17) is 17.3 Å². The number of halogens is 2. The highest BCUT2D eigenvalue weighted by Gasteiger charge is 2.15. The molecule has 0 saturated carbocycles. The summed E-state index contributed by atoms with van der Waals surface area (Å²) in [5.41, 5.74) is 8.48. The third-order valence-corrected chi connectivity index (χ3v) is 3.59. The van der Waals surface area contributed by atoms with Gasteiger partial charge < -0.3 is 10.6 Å². The number of rotatable bonds is 3. The van der Waals surface area contributed by atoms with Crippen LogP contribution in [0.25, 0.3) is 0 Å². The third-order valence-electron chi connectivity index (χ3n) is 2.69. The lowest BCUT2D eigenvalue weighted by Gasteiger charge is -2.25. The molecule has 2 N–H and O–H groups in total. The number of nitrogens with two attached hydrogens (primary N) is 1. The SMILES string of the molecule is CCN(c1ccccc1)c1c(Cl)cc(N)cc1Br. The molecule has 4 heteroatoms. The monoisotopic (exact) mass is 324 g/mol. The first-order chi connectivity index (χ1) is 8.63. The minimum absolute atomic E-state index is 0.646. The molecular weight excluding hydrogens is 312 g/mol. The van der Waals surface area contributed by atoms with Crippen LogP contribution in [-0.2, 0) is 0 Å². The summed E-state index contributed by atoms with van der Waals surface area (Å²) in [5, 5.41) is 0.646. The van der Waals surface area contributed by atoms with Crippen molar-refractivity contribution in [1.82, 2.24) is 0 Å². The summed E-state index contributed by atoms with van der Waals surface area (Å²) in [6, 6.07) is 13.8. The van der Waals surface area contributed by atoms with E-state index >= 15 is 0 Å². The Morgan fingerprint density at radius 3 is 2.44 bits per heavy atom. The Hall–Kier alpha value is -1.19. The average Bonchev–Trinajstić information content (AvgIpc) is 2.34. The lowest BCUT2D eigenvalue weighted by Crippen LogP contribution is -2.17. The highest BCUT2D eigenvalue weighted by molar-refractivity contribution is 9.10. The van der Waals surface area contributed by atoms with Crippen LogP contribution in [0.2, 0.25) is 5.02 Å². The molecule has 0 fully saturated rings. The maximum atomic E-state index is 6.31. The molecule has 0 atom stereocenters. The van der Waals surface area contributed by atoms with E-state index in [0.29, 0.717) is 10.7 Å². The second-order valence-corrected chi connectivity index (χ2v) is 5.17. The number of para-hydroxylation sites is 1. The van der Waals surface area contributed by atoms with E-state index < -0.39 is 0 Å². The Labute approximate surface area is 120 Å². The standard InChI is InChI=1S/C14H14BrClN2/c1-2-18(11-6-4-3-5-7-11)14-12(15)8-10(17)9-13(14)16/h3-9H,2,17H2,1H3. The first kappa shape index (κ1) is 13.2. The fourth-order valence-corrected chi connectivity index (χ4v) is 3.06. The van der Waals surface area contributed by atoms with E-state index in [-0.39, 0.29) is 0 Å². The van der Waals surface area contributed by atoms with Gasteiger partial charge in [0, 0.05) is 22.4 Å². The van der Waals surface area contributed by atoms with Gasteiger partial charge in [0.25, 0.3) is 0 Å². The zero-order valence-corrected chi connectivity index (χ0v) is 12.4. The summed E-state index contributed by atoms with van der Waals surface area (Å²) in [6.07, 6.45) is 0. The topological polar surface area (TPSA) is 29.3 Å². The van der Waals surface area contributed by atoms with Crippen LogP contribution < -0.4 is 10.6 Å². The lowest BCUT2D eigenvalue weighted by molar-refractivity contribution is 1.02. The zero-order valence-electron chi connectivity index (χ0n) is 10.0. The van der Waals surface area contributed by atoms with Crippen LogP contribution in [0, 0.1) is 0 Å². The van der Waals surface area contributed by atoms with E-state index in [2.05, 4.69) is 39.9 Å². The predicted octanol–water partition coefficient (Wildman–Crippen LogP) is 4.84. The summed E-state index contributed by atoms with van der Waals surface area (Å²) >= 11 is 9.84. The van der Waals surface area contributed by atoms with Gasteiger partial charge in [0.05, 0.1) is 10.7 Å². The Morgan fingerprint density at radius 2 is 1.89 bits per heavy atom. The van der Waals surface area contributed by atoms with E-state index in [0.717, 1.165) is 22.4 Å². The van der Waals surface area contributed by atoms with Gasteiger partial charge >= 0.3 is 0 Å². The smallest absolute Gasteiger partial charge is 0.0745 e. The van der Waals surface area contributed by atoms with Gasteiger partial charge in [-0.15, -0.1) is 0 Å². The fourth-order valence-electron chi connectivity index (χ4n) is 1.92. The molecule has 2 aromatic carbocycles. The first-order valence-electron chi connectivity index (χ1n) is 5.70. The van der Waals surface area contributed by atoms with Gasteiger partial charge in [-0.2, -0.15) is 0 Å². The van der Waals surface area contributed by atoms with Crippen molar-refractivity contribution in [2.75, 3.05) is 17.2 Å². The second-order valence-electron chi connectivity index (χ2n) is 3.91. The summed E-state index contributed by atoms with van der Waals surface area (Å²) in [6.45, 7) is 2.92. The maximum absolute atomic E-state index is 6.31. The molecule has 0 unspecified atom stereocenters. The van der Waals surface area contributed by atoms with Crippen LogP contribution >= 0.6 is 27.5 Å². The molecule has 94 valence electrons. The van der Waals surface area contributed by atoms with Gasteiger partial charge in [0.15, 0.2) is 0 Å². The Balaban J connectivity index is 2.52. The third kappa shape index (κ3) is 2.62. The molecule has 2 aromatic rings. The summed E-state index contributed by atoms with van der Waals surface area (Å²) in [7, 11) is 0. The summed E-state index contributed by atoms with van der Waals surface area (Å²) in [4.78, 5) is 2.14. The van der Waals surface area contributed by atoms with Crippen LogP contribution in [0.3, 0.4) is 0 Å². The van der Waals surface area contributed by atoms with Crippen LogP contribution in [0.5, 0.6) is 0 Å². The van der Waals surface area contributed by atoms with Crippen molar-refractivity contribution in [3.8, 4) is 0 Å². The van der Waals surface area contributed by atoms with Crippen molar-refractivity contribution in [3.63, 3.8) is 0 Å². The van der Waals surface area contributed by atoms with Crippen LogP contribution in [-0.4, -0.2) is 6.54 Å². The minimum Gasteiger partial charge on any atom is -0.399 e. The Bertz CT molecular complexity index is 520. The van der Waals surface area contributed by atoms with Crippen molar-refractivity contribution in [3.05, 3.63) is 52.0 Å². The molecule has 0 amide bonds. The molecule has 0 heterocycles. The highest BCUT2D eigenvalue weighted by atomic mass is 79.9. The van der Waals surface area contributed by atoms with E-state index in [1.54, 1.807) is 6.07 Å². The van der Waals surface area contributed by atoms with Crippen molar-refractivity contribution >= 4 is 44.6 Å². The summed E-state index contributed by atoms with van der Waals surface area (Å²) in [5.74, 6) is 0. The largest absolute Gasteiger partial charge is 0.399 e. The molecule has 0 aliphatic rings. The first-order valence-corrected chi connectivity index (χ1v) is 6.87. The van der Waals surface area contributed by atoms with Crippen molar-refractivity contribution in [1.29, 1.82) is 0 Å². The molecule has 2 nitrogen and oxygen atoms in total. The van der Waals surface area contributed by atoms with E-state index in [9.17, 15) is 0 Å². The highest BCUT2D eigenvalue weighted by Crippen LogP contribution is 2.39. The van der Waals surface area contributed by atoms with Crippen molar-refractivity contribution in [2.24, 2.45) is 0 Å². The number of hydrogen-bond acceptors (Lipinski definition) is 2. The number of nitrogen functional groups attached to an aromatic ring is 1. The molecule has 2 rings (SSSR count). The van der Waals surface area contributed by atoms with Gasteiger partial charge in [0.2, 0.25) is 0 Å². The van der Waals surface area contributed by atoms with Gasteiger partial charge in [-0.3, -0.25) is 0 Å². The molecule has 0 aliphatic heterocycles. The molecule has 0 spiro atoms. The maximum Gasteiger partial charge on any atom is 0.0745 e. The van der Waals surface area contributed by atoms with Crippen LogP contribution in [0.15, 0.2) is 46.9 Å². The zero-order chi connectivity index (χ0) is 13.1. The second kappa shape index (κ2) is 5.63.